The number of nitrogens with one attached hydrogen (secondary N) is 1. The fourth-order valence-electron chi connectivity index (χ4n) is 2.26. The third-order valence-electron chi connectivity index (χ3n) is 3.27. The van der Waals surface area contributed by atoms with E-state index < -0.39 is 17.9 Å². The van der Waals surface area contributed by atoms with Crippen molar-refractivity contribution in [1.29, 1.82) is 0 Å². The Morgan fingerprint density at radius 3 is 2.85 bits per heavy atom. The molecule has 1 fully saturated rings. The second kappa shape index (κ2) is 5.17. The molecule has 3 rings (SSSR count). The predicted octanol–water partition coefficient (Wildman–Crippen LogP) is -2.62. The first-order valence-corrected chi connectivity index (χ1v) is 5.75. The number of aliphatic hydroxyl groups excluding tert-OH is 2. The van der Waals surface area contributed by atoms with Gasteiger partial charge in [0, 0.05) is 0 Å². The molecule has 1 unspecified atom stereocenters. The third-order valence-corrected chi connectivity index (χ3v) is 3.27. The Labute approximate surface area is 112 Å². The molecule has 0 aliphatic carbocycles. The summed E-state index contributed by atoms with van der Waals surface area (Å²) in [5.74, 6) is -0.289. The number of imidazole rings is 1. The Hall–Kier alpha value is -2.01. The van der Waals surface area contributed by atoms with E-state index in [1.165, 1.54) is 10.9 Å². The number of ether oxygens (including phenoxy) is 1. The van der Waals surface area contributed by atoms with Gasteiger partial charge in [0.1, 0.15) is 6.23 Å². The molecule has 3 heterocycles. The van der Waals surface area contributed by atoms with Crippen molar-refractivity contribution in [1.82, 2.24) is 19.5 Å². The van der Waals surface area contributed by atoms with Gasteiger partial charge in [-0.3, -0.25) is 14.3 Å². The normalized spacial score (nSPS) is 25.2. The summed E-state index contributed by atoms with van der Waals surface area (Å²) in [5.41, 5.74) is 5.51. The quantitative estimate of drug-likeness (QED) is 0.477. The average molecular weight is 285 g/mol. The van der Waals surface area contributed by atoms with Gasteiger partial charge in [-0.25, -0.2) is 4.98 Å². The van der Waals surface area contributed by atoms with E-state index in [9.17, 15) is 9.90 Å². The van der Waals surface area contributed by atoms with Crippen molar-refractivity contribution in [2.75, 3.05) is 18.9 Å². The first kappa shape index (κ1) is 14.4. The van der Waals surface area contributed by atoms with E-state index >= 15 is 0 Å². The van der Waals surface area contributed by atoms with Crippen LogP contribution in [0.5, 0.6) is 0 Å². The molecule has 0 radical (unpaired) electrons. The van der Waals surface area contributed by atoms with Gasteiger partial charge in [-0.15, -0.1) is 0 Å². The van der Waals surface area contributed by atoms with Crippen molar-refractivity contribution < 1.29 is 20.4 Å². The standard InChI is InChI=1S/C10H13N5O4.H2O/c11-10-13-7-6(8(18)14-10)12-3-15(7)9-4(1-16)5(2-17)19-9;/h3-5,9,16-17H,1-2H2,(H3,11,13,14,18);1H2/t4-,5-,9?;/m1./s1. The van der Waals surface area contributed by atoms with Gasteiger partial charge in [0.25, 0.3) is 5.56 Å². The van der Waals surface area contributed by atoms with E-state index in [2.05, 4.69) is 15.0 Å². The number of nitrogens with two attached hydrogens (primary N) is 1. The first-order chi connectivity index (χ1) is 9.15. The molecule has 0 amide bonds. The topological polar surface area (TPSA) is 171 Å². The molecule has 0 saturated carbocycles. The predicted molar refractivity (Wildman–Crippen MR) is 67.7 cm³/mol. The zero-order chi connectivity index (χ0) is 13.6. The van der Waals surface area contributed by atoms with Gasteiger partial charge in [-0.05, 0) is 0 Å². The summed E-state index contributed by atoms with van der Waals surface area (Å²) in [6.45, 7) is -0.321. The second-order valence-electron chi connectivity index (χ2n) is 4.37. The second-order valence-corrected chi connectivity index (χ2v) is 4.37. The van der Waals surface area contributed by atoms with E-state index in [-0.39, 0.29) is 36.1 Å². The number of hydrogen-bond donors (Lipinski definition) is 4. The van der Waals surface area contributed by atoms with E-state index in [1.54, 1.807) is 0 Å². The molecule has 3 atom stereocenters. The number of rotatable bonds is 3. The molecule has 110 valence electrons. The van der Waals surface area contributed by atoms with Crippen LogP contribution in [0.15, 0.2) is 11.1 Å². The molecule has 0 bridgehead atoms. The van der Waals surface area contributed by atoms with Crippen molar-refractivity contribution in [3.05, 3.63) is 16.7 Å². The highest BCUT2D eigenvalue weighted by molar-refractivity contribution is 5.70. The van der Waals surface area contributed by atoms with Crippen molar-refractivity contribution in [2.24, 2.45) is 5.92 Å². The average Bonchev–Trinajstić information content (AvgIpc) is 2.73. The molecular formula is C10H15N5O5. The molecule has 0 aromatic carbocycles. The Kier molecular flexibility index (Phi) is 3.72. The van der Waals surface area contributed by atoms with Crippen molar-refractivity contribution in [3.8, 4) is 0 Å². The molecule has 10 heteroatoms. The van der Waals surface area contributed by atoms with E-state index in [4.69, 9.17) is 15.6 Å². The van der Waals surface area contributed by atoms with Crippen LogP contribution in [0.4, 0.5) is 5.95 Å². The number of H-pyrrole nitrogens is 1. The summed E-state index contributed by atoms with van der Waals surface area (Å²) in [5, 5.41) is 18.4. The van der Waals surface area contributed by atoms with E-state index in [0.717, 1.165) is 0 Å². The first-order valence-electron chi connectivity index (χ1n) is 5.75. The monoisotopic (exact) mass is 285 g/mol. The molecule has 10 nitrogen and oxygen atoms in total. The van der Waals surface area contributed by atoms with Crippen LogP contribution >= 0.6 is 0 Å². The Balaban J connectivity index is 0.00000147. The number of aromatic nitrogens is 4. The lowest BCUT2D eigenvalue weighted by Gasteiger charge is -2.43. The Morgan fingerprint density at radius 2 is 2.20 bits per heavy atom. The van der Waals surface area contributed by atoms with Crippen molar-refractivity contribution >= 4 is 17.1 Å². The fraction of sp³-hybridized carbons (Fsp3) is 0.500. The van der Waals surface area contributed by atoms with E-state index in [0.29, 0.717) is 5.65 Å². The minimum Gasteiger partial charge on any atom is -0.412 e. The summed E-state index contributed by atoms with van der Waals surface area (Å²) in [6.07, 6.45) is 0.473. The smallest absolute Gasteiger partial charge is 0.280 e. The van der Waals surface area contributed by atoms with Crippen molar-refractivity contribution in [2.45, 2.75) is 12.3 Å². The van der Waals surface area contributed by atoms with Crippen LogP contribution in [-0.2, 0) is 4.74 Å². The molecule has 2 aromatic heterocycles. The maximum Gasteiger partial charge on any atom is 0.280 e. The minimum absolute atomic E-state index is 0. The zero-order valence-electron chi connectivity index (χ0n) is 10.4. The molecule has 0 spiro atoms. The lowest BCUT2D eigenvalue weighted by atomic mass is 9.95. The van der Waals surface area contributed by atoms with Crippen LogP contribution in [0.3, 0.4) is 0 Å². The number of fused-ring (bicyclic) bond motifs is 1. The lowest BCUT2D eigenvalue weighted by Crippen LogP contribution is -2.49. The zero-order valence-corrected chi connectivity index (χ0v) is 10.4. The molecule has 1 aliphatic rings. The minimum atomic E-state index is -0.513. The van der Waals surface area contributed by atoms with Gasteiger partial charge in [0.2, 0.25) is 5.95 Å². The van der Waals surface area contributed by atoms with Crippen LogP contribution in [0.1, 0.15) is 6.23 Å². The lowest BCUT2D eigenvalue weighted by molar-refractivity contribution is -0.243. The highest BCUT2D eigenvalue weighted by atomic mass is 16.5. The maximum absolute atomic E-state index is 11.6. The Bertz CT molecular complexity index is 668. The van der Waals surface area contributed by atoms with Crippen molar-refractivity contribution in [3.63, 3.8) is 0 Å². The maximum atomic E-state index is 11.6. The summed E-state index contributed by atoms with van der Waals surface area (Å²) >= 11 is 0. The number of hydrogen-bond acceptors (Lipinski definition) is 7. The molecule has 20 heavy (non-hydrogen) atoms. The number of nitrogens with zero attached hydrogens (tertiary/aromatic N) is 3. The van der Waals surface area contributed by atoms with Gasteiger partial charge in [-0.1, -0.05) is 0 Å². The largest absolute Gasteiger partial charge is 0.412 e. The van der Waals surface area contributed by atoms with Crippen LogP contribution in [0, 0.1) is 5.92 Å². The number of nitrogen functional groups attached to an aromatic ring is 1. The van der Waals surface area contributed by atoms with Gasteiger partial charge < -0.3 is 26.2 Å². The van der Waals surface area contributed by atoms with Crippen LogP contribution in [-0.4, -0.2) is 54.5 Å². The SMILES string of the molecule is Nc1nc2c(ncn2C2O[C@H](CO)[C@H]2CO)c(=O)[nH]1.O. The summed E-state index contributed by atoms with van der Waals surface area (Å²) in [7, 11) is 0. The van der Waals surface area contributed by atoms with E-state index in [1.807, 2.05) is 0 Å². The van der Waals surface area contributed by atoms with Crippen LogP contribution in [0.2, 0.25) is 0 Å². The Morgan fingerprint density at radius 1 is 1.45 bits per heavy atom. The number of aromatic amines is 1. The van der Waals surface area contributed by atoms with Crippen LogP contribution < -0.4 is 11.3 Å². The highest BCUT2D eigenvalue weighted by Crippen LogP contribution is 2.37. The molecule has 1 saturated heterocycles. The summed E-state index contributed by atoms with van der Waals surface area (Å²) in [4.78, 5) is 22.0. The molecule has 2 aromatic rings. The fourth-order valence-corrected chi connectivity index (χ4v) is 2.26. The highest BCUT2D eigenvalue weighted by Gasteiger charge is 2.43. The summed E-state index contributed by atoms with van der Waals surface area (Å²) < 4.78 is 6.98. The summed E-state index contributed by atoms with van der Waals surface area (Å²) in [6, 6.07) is 0. The van der Waals surface area contributed by atoms with Crippen LogP contribution in [0.25, 0.3) is 11.2 Å². The third kappa shape index (κ3) is 1.94. The molecule has 1 aliphatic heterocycles. The van der Waals surface area contributed by atoms with Gasteiger partial charge in [0.15, 0.2) is 11.2 Å². The van der Waals surface area contributed by atoms with Gasteiger partial charge in [-0.2, -0.15) is 4.98 Å². The van der Waals surface area contributed by atoms with Gasteiger partial charge >= 0.3 is 0 Å². The number of aliphatic hydroxyl groups is 2. The molecular weight excluding hydrogens is 270 g/mol. The number of anilines is 1. The molecule has 7 N–H and O–H groups in total. The van der Waals surface area contributed by atoms with Gasteiger partial charge in [0.05, 0.1) is 31.6 Å².